The maximum Gasteiger partial charge on any atom is 0.234 e. The lowest BCUT2D eigenvalue weighted by atomic mass is 10.1. The third-order valence-electron chi connectivity index (χ3n) is 3.97. The Bertz CT molecular complexity index is 478. The number of carbonyl (C=O) groups is 1. The predicted molar refractivity (Wildman–Crippen MR) is 81.0 cm³/mol. The smallest absolute Gasteiger partial charge is 0.234 e. The molecule has 1 aliphatic carbocycles. The molecule has 2 rings (SSSR count). The van der Waals surface area contributed by atoms with Gasteiger partial charge in [-0.05, 0) is 31.0 Å². The average Bonchev–Trinajstić information content (AvgIpc) is 2.81. The molecule has 2 unspecified atom stereocenters. The van der Waals surface area contributed by atoms with E-state index in [4.69, 9.17) is 4.74 Å². The molecule has 2 atom stereocenters. The minimum absolute atomic E-state index is 0.0169. The maximum absolute atomic E-state index is 11.9. The van der Waals surface area contributed by atoms with Crippen molar-refractivity contribution in [1.29, 1.82) is 0 Å². The molecule has 0 radical (unpaired) electrons. The van der Waals surface area contributed by atoms with Crippen molar-refractivity contribution in [1.82, 2.24) is 10.2 Å². The largest absolute Gasteiger partial charge is 0.387 e. The second-order valence-corrected chi connectivity index (χ2v) is 5.53. The first-order valence-corrected chi connectivity index (χ1v) is 7.35. The van der Waals surface area contributed by atoms with E-state index in [1.165, 1.54) is 5.56 Å². The number of methoxy groups -OCH3 is 1. The topological polar surface area (TPSA) is 61.8 Å². The summed E-state index contributed by atoms with van der Waals surface area (Å²) in [6.45, 7) is 1.56. The van der Waals surface area contributed by atoms with E-state index in [0.29, 0.717) is 19.7 Å². The molecule has 0 saturated heterocycles. The summed E-state index contributed by atoms with van der Waals surface area (Å²) in [4.78, 5) is 13.8. The summed E-state index contributed by atoms with van der Waals surface area (Å²) in [7, 11) is 3.53. The summed E-state index contributed by atoms with van der Waals surface area (Å²) in [5.41, 5.74) is 2.15. The Morgan fingerprint density at radius 3 is 2.95 bits per heavy atom. The predicted octanol–water partition coefficient (Wildman–Crippen LogP) is 0.729. The molecule has 1 aromatic rings. The van der Waals surface area contributed by atoms with Crippen LogP contribution in [-0.4, -0.2) is 55.8 Å². The van der Waals surface area contributed by atoms with Crippen molar-refractivity contribution in [3.63, 3.8) is 0 Å². The number of benzene rings is 1. The van der Waals surface area contributed by atoms with Crippen molar-refractivity contribution in [3.8, 4) is 0 Å². The molecular weight excluding hydrogens is 268 g/mol. The monoisotopic (exact) mass is 292 g/mol. The minimum Gasteiger partial charge on any atom is -0.387 e. The highest BCUT2D eigenvalue weighted by atomic mass is 16.5. The summed E-state index contributed by atoms with van der Waals surface area (Å²) in [5, 5.41) is 13.2. The Morgan fingerprint density at radius 1 is 1.48 bits per heavy atom. The highest BCUT2D eigenvalue weighted by Crippen LogP contribution is 2.33. The minimum atomic E-state index is -0.521. The van der Waals surface area contributed by atoms with Crippen LogP contribution in [0.25, 0.3) is 0 Å². The molecule has 5 nitrogen and oxygen atoms in total. The zero-order valence-electron chi connectivity index (χ0n) is 12.7. The SMILES string of the molecule is COCCCNC(=O)CN(C)C1Cc2ccccc2C1O. The van der Waals surface area contributed by atoms with Gasteiger partial charge < -0.3 is 15.2 Å². The summed E-state index contributed by atoms with van der Waals surface area (Å²) in [6, 6.07) is 7.88. The summed E-state index contributed by atoms with van der Waals surface area (Å²) in [5.74, 6) is -0.0169. The number of amides is 1. The molecule has 1 amide bonds. The van der Waals surface area contributed by atoms with Gasteiger partial charge in [0.25, 0.3) is 0 Å². The van der Waals surface area contributed by atoms with Crippen molar-refractivity contribution < 1.29 is 14.6 Å². The van der Waals surface area contributed by atoms with E-state index in [1.54, 1.807) is 7.11 Å². The first-order valence-electron chi connectivity index (χ1n) is 7.35. The van der Waals surface area contributed by atoms with Crippen molar-refractivity contribution in [2.45, 2.75) is 25.0 Å². The molecule has 2 N–H and O–H groups in total. The van der Waals surface area contributed by atoms with Crippen LogP contribution in [0, 0.1) is 0 Å². The zero-order chi connectivity index (χ0) is 15.2. The third kappa shape index (κ3) is 4.03. The Balaban J connectivity index is 1.82. The van der Waals surface area contributed by atoms with Crippen LogP contribution < -0.4 is 5.32 Å². The molecule has 0 aromatic heterocycles. The van der Waals surface area contributed by atoms with Gasteiger partial charge in [0.05, 0.1) is 12.6 Å². The van der Waals surface area contributed by atoms with Crippen LogP contribution in [0.4, 0.5) is 0 Å². The molecule has 1 aliphatic rings. The van der Waals surface area contributed by atoms with E-state index in [9.17, 15) is 9.90 Å². The van der Waals surface area contributed by atoms with Gasteiger partial charge in [0.2, 0.25) is 5.91 Å². The molecule has 0 bridgehead atoms. The number of hydrogen-bond donors (Lipinski definition) is 2. The van der Waals surface area contributed by atoms with Gasteiger partial charge in [-0.2, -0.15) is 0 Å². The van der Waals surface area contributed by atoms with Crippen LogP contribution in [0.5, 0.6) is 0 Å². The number of nitrogens with zero attached hydrogens (tertiary/aromatic N) is 1. The second kappa shape index (κ2) is 7.54. The lowest BCUT2D eigenvalue weighted by molar-refractivity contribution is -0.122. The average molecular weight is 292 g/mol. The number of aliphatic hydroxyl groups is 1. The van der Waals surface area contributed by atoms with Gasteiger partial charge in [0.15, 0.2) is 0 Å². The van der Waals surface area contributed by atoms with E-state index in [0.717, 1.165) is 18.4 Å². The van der Waals surface area contributed by atoms with Crippen LogP contribution in [0.2, 0.25) is 0 Å². The van der Waals surface area contributed by atoms with E-state index in [-0.39, 0.29) is 11.9 Å². The standard InChI is InChI=1S/C16H24N2O3/c1-18(11-15(19)17-8-5-9-21-2)14-10-12-6-3-4-7-13(12)16(14)20/h3-4,6-7,14,16,20H,5,8-11H2,1-2H3,(H,17,19). The first-order chi connectivity index (χ1) is 10.1. The molecule has 5 heteroatoms. The summed E-state index contributed by atoms with van der Waals surface area (Å²) >= 11 is 0. The summed E-state index contributed by atoms with van der Waals surface area (Å²) < 4.78 is 4.94. The van der Waals surface area contributed by atoms with Crippen LogP contribution in [0.3, 0.4) is 0 Å². The summed E-state index contributed by atoms with van der Waals surface area (Å²) in [6.07, 6.45) is 1.07. The van der Waals surface area contributed by atoms with Gasteiger partial charge in [-0.15, -0.1) is 0 Å². The molecule has 0 fully saturated rings. The van der Waals surface area contributed by atoms with Crippen LogP contribution >= 0.6 is 0 Å². The van der Waals surface area contributed by atoms with Gasteiger partial charge in [0, 0.05) is 26.3 Å². The van der Waals surface area contributed by atoms with Crippen LogP contribution in [0.1, 0.15) is 23.7 Å². The van der Waals surface area contributed by atoms with E-state index >= 15 is 0 Å². The lowest BCUT2D eigenvalue weighted by Gasteiger charge is -2.26. The van der Waals surface area contributed by atoms with E-state index < -0.39 is 6.10 Å². The number of rotatable bonds is 7. The van der Waals surface area contributed by atoms with Gasteiger partial charge in [-0.1, -0.05) is 24.3 Å². The maximum atomic E-state index is 11.9. The van der Waals surface area contributed by atoms with Crippen LogP contribution in [0.15, 0.2) is 24.3 Å². The van der Waals surface area contributed by atoms with Crippen molar-refractivity contribution in [3.05, 3.63) is 35.4 Å². The number of nitrogens with one attached hydrogen (secondary N) is 1. The second-order valence-electron chi connectivity index (χ2n) is 5.53. The normalized spacial score (nSPS) is 20.6. The number of aliphatic hydroxyl groups excluding tert-OH is 1. The van der Waals surface area contributed by atoms with Crippen molar-refractivity contribution in [2.75, 3.05) is 33.9 Å². The quantitative estimate of drug-likeness (QED) is 0.727. The fourth-order valence-corrected chi connectivity index (χ4v) is 2.79. The number of fused-ring (bicyclic) bond motifs is 1. The number of carbonyl (C=O) groups excluding carboxylic acids is 1. The van der Waals surface area contributed by atoms with Gasteiger partial charge >= 0.3 is 0 Å². The third-order valence-corrected chi connectivity index (χ3v) is 3.97. The highest BCUT2D eigenvalue weighted by Gasteiger charge is 2.33. The van der Waals surface area contributed by atoms with Gasteiger partial charge in [0.1, 0.15) is 0 Å². The number of ether oxygens (including phenoxy) is 1. The fraction of sp³-hybridized carbons (Fsp3) is 0.562. The Morgan fingerprint density at radius 2 is 2.24 bits per heavy atom. The zero-order valence-corrected chi connectivity index (χ0v) is 12.7. The number of likely N-dealkylation sites (N-methyl/N-ethyl adjacent to an activating group) is 1. The molecule has 0 spiro atoms. The Labute approximate surface area is 125 Å². The first kappa shape index (κ1) is 15.9. The molecule has 0 saturated carbocycles. The lowest BCUT2D eigenvalue weighted by Crippen LogP contribution is -2.42. The van der Waals surface area contributed by atoms with E-state index in [2.05, 4.69) is 5.32 Å². The highest BCUT2D eigenvalue weighted by molar-refractivity contribution is 5.78. The number of hydrogen-bond acceptors (Lipinski definition) is 4. The van der Waals surface area contributed by atoms with Gasteiger partial charge in [-0.25, -0.2) is 0 Å². The molecule has 0 heterocycles. The van der Waals surface area contributed by atoms with Crippen molar-refractivity contribution in [2.24, 2.45) is 0 Å². The van der Waals surface area contributed by atoms with Crippen molar-refractivity contribution >= 4 is 5.91 Å². The van der Waals surface area contributed by atoms with Gasteiger partial charge in [-0.3, -0.25) is 9.69 Å². The molecule has 116 valence electrons. The van der Waals surface area contributed by atoms with Crippen LogP contribution in [-0.2, 0) is 16.0 Å². The fourth-order valence-electron chi connectivity index (χ4n) is 2.79. The van der Waals surface area contributed by atoms with E-state index in [1.807, 2.05) is 36.2 Å². The molecular formula is C16H24N2O3. The molecule has 0 aliphatic heterocycles. The molecule has 1 aromatic carbocycles. The molecule has 21 heavy (non-hydrogen) atoms. The Kier molecular flexibility index (Phi) is 5.73. The Hall–Kier alpha value is -1.43.